The van der Waals surface area contributed by atoms with E-state index in [1.54, 1.807) is 12.1 Å². The van der Waals surface area contributed by atoms with E-state index in [2.05, 4.69) is 31.2 Å². The highest BCUT2D eigenvalue weighted by molar-refractivity contribution is 5.30. The summed E-state index contributed by atoms with van der Waals surface area (Å²) in [4.78, 5) is 11.8. The third-order valence-corrected chi connectivity index (χ3v) is 4.70. The van der Waals surface area contributed by atoms with Crippen molar-refractivity contribution in [3.05, 3.63) is 70.1 Å². The van der Waals surface area contributed by atoms with E-state index in [-0.39, 0.29) is 5.56 Å². The highest BCUT2D eigenvalue weighted by Gasteiger charge is 2.38. The van der Waals surface area contributed by atoms with Gasteiger partial charge in [-0.15, -0.1) is 0 Å². The normalized spacial score (nSPS) is 16.6. The molecule has 0 amide bonds. The lowest BCUT2D eigenvalue weighted by molar-refractivity contribution is 0.214. The highest BCUT2D eigenvalue weighted by Crippen LogP contribution is 2.46. The molecule has 0 aliphatic heterocycles. The summed E-state index contributed by atoms with van der Waals surface area (Å²) < 4.78 is 1.83. The van der Waals surface area contributed by atoms with Crippen LogP contribution in [-0.4, -0.2) is 4.57 Å². The zero-order valence-electron chi connectivity index (χ0n) is 12.0. The average molecular weight is 267 g/mol. The maximum Gasteiger partial charge on any atom is 0.250 e. The molecule has 2 heteroatoms. The van der Waals surface area contributed by atoms with Crippen LogP contribution in [0.4, 0.5) is 0 Å². The predicted octanol–water partition coefficient (Wildman–Crippen LogP) is 3.67. The van der Waals surface area contributed by atoms with Gasteiger partial charge in [0.1, 0.15) is 0 Å². The Morgan fingerprint density at radius 2 is 1.85 bits per heavy atom. The van der Waals surface area contributed by atoms with Crippen LogP contribution in [0.2, 0.25) is 0 Å². The quantitative estimate of drug-likeness (QED) is 0.828. The van der Waals surface area contributed by atoms with Crippen LogP contribution in [0.25, 0.3) is 0 Å². The minimum atomic E-state index is 0.103. The Morgan fingerprint density at radius 1 is 1.10 bits per heavy atom. The van der Waals surface area contributed by atoms with Crippen LogP contribution in [0.5, 0.6) is 0 Å². The van der Waals surface area contributed by atoms with Crippen LogP contribution in [0.1, 0.15) is 36.8 Å². The van der Waals surface area contributed by atoms with Crippen LogP contribution in [0.3, 0.4) is 0 Å². The van der Waals surface area contributed by atoms with E-state index in [0.717, 1.165) is 13.0 Å². The summed E-state index contributed by atoms with van der Waals surface area (Å²) >= 11 is 0. The molecule has 1 saturated carbocycles. The molecule has 1 fully saturated rings. The highest BCUT2D eigenvalue weighted by atomic mass is 16.1. The Balaban J connectivity index is 1.79. The average Bonchev–Trinajstić information content (AvgIpc) is 2.41. The zero-order valence-corrected chi connectivity index (χ0v) is 12.0. The first-order valence-corrected chi connectivity index (χ1v) is 7.42. The molecule has 0 atom stereocenters. The van der Waals surface area contributed by atoms with Gasteiger partial charge < -0.3 is 4.57 Å². The van der Waals surface area contributed by atoms with Gasteiger partial charge in [-0.1, -0.05) is 42.3 Å². The van der Waals surface area contributed by atoms with E-state index >= 15 is 0 Å². The largest absolute Gasteiger partial charge is 0.316 e. The smallest absolute Gasteiger partial charge is 0.250 e. The first-order chi connectivity index (χ1) is 9.70. The van der Waals surface area contributed by atoms with Gasteiger partial charge in [-0.2, -0.15) is 0 Å². The SMILES string of the molecule is Cc1ccc(C2(CCn3ccccc3=O)CCC2)cc1. The van der Waals surface area contributed by atoms with E-state index in [1.807, 2.05) is 16.8 Å². The summed E-state index contributed by atoms with van der Waals surface area (Å²) in [5.41, 5.74) is 3.15. The molecule has 1 aliphatic rings. The minimum Gasteiger partial charge on any atom is -0.316 e. The van der Waals surface area contributed by atoms with Crippen LogP contribution < -0.4 is 5.56 Å². The molecule has 1 aromatic carbocycles. The summed E-state index contributed by atoms with van der Waals surface area (Å²) in [7, 11) is 0. The van der Waals surface area contributed by atoms with Gasteiger partial charge in [0.2, 0.25) is 5.56 Å². The molecule has 0 spiro atoms. The van der Waals surface area contributed by atoms with E-state index in [9.17, 15) is 4.79 Å². The number of hydrogen-bond acceptors (Lipinski definition) is 1. The monoisotopic (exact) mass is 267 g/mol. The Morgan fingerprint density at radius 3 is 2.45 bits per heavy atom. The fraction of sp³-hybridized carbons (Fsp3) is 0.389. The fourth-order valence-electron chi connectivity index (χ4n) is 3.17. The van der Waals surface area contributed by atoms with Gasteiger partial charge >= 0.3 is 0 Å². The van der Waals surface area contributed by atoms with Crippen LogP contribution in [-0.2, 0) is 12.0 Å². The van der Waals surface area contributed by atoms with Gasteiger partial charge in [-0.25, -0.2) is 0 Å². The number of nitrogens with zero attached hydrogens (tertiary/aromatic N) is 1. The molecule has 0 unspecified atom stereocenters. The summed E-state index contributed by atoms with van der Waals surface area (Å²) in [6, 6.07) is 14.3. The first kappa shape index (κ1) is 13.2. The van der Waals surface area contributed by atoms with Crippen molar-refractivity contribution in [1.82, 2.24) is 4.57 Å². The number of rotatable bonds is 4. The van der Waals surface area contributed by atoms with Gasteiger partial charge in [0.25, 0.3) is 0 Å². The molecule has 2 nitrogen and oxygen atoms in total. The Hall–Kier alpha value is -1.83. The molecule has 1 aliphatic carbocycles. The van der Waals surface area contributed by atoms with Crippen molar-refractivity contribution < 1.29 is 0 Å². The molecule has 0 radical (unpaired) electrons. The lowest BCUT2D eigenvalue weighted by atomic mass is 9.62. The van der Waals surface area contributed by atoms with E-state index in [1.165, 1.54) is 30.4 Å². The molecule has 0 saturated heterocycles. The number of pyridine rings is 1. The zero-order chi connectivity index (χ0) is 14.0. The van der Waals surface area contributed by atoms with Crippen LogP contribution >= 0.6 is 0 Å². The fourth-order valence-corrected chi connectivity index (χ4v) is 3.17. The van der Waals surface area contributed by atoms with Gasteiger partial charge in [0.05, 0.1) is 0 Å². The third-order valence-electron chi connectivity index (χ3n) is 4.70. The molecule has 0 bridgehead atoms. The molecule has 3 rings (SSSR count). The van der Waals surface area contributed by atoms with Crippen LogP contribution in [0.15, 0.2) is 53.5 Å². The second kappa shape index (κ2) is 5.28. The molecule has 1 aromatic heterocycles. The maximum atomic E-state index is 11.8. The van der Waals surface area contributed by atoms with Gasteiger partial charge in [-0.05, 0) is 43.2 Å². The number of aromatic nitrogens is 1. The maximum absolute atomic E-state index is 11.8. The van der Waals surface area contributed by atoms with Crippen molar-refractivity contribution in [2.45, 2.75) is 44.6 Å². The Kier molecular flexibility index (Phi) is 3.47. The minimum absolute atomic E-state index is 0.103. The van der Waals surface area contributed by atoms with Crippen molar-refractivity contribution in [2.24, 2.45) is 0 Å². The molecule has 0 N–H and O–H groups in total. The summed E-state index contributed by atoms with van der Waals surface area (Å²) in [6.07, 6.45) is 6.75. The van der Waals surface area contributed by atoms with Crippen molar-refractivity contribution in [2.75, 3.05) is 0 Å². The van der Waals surface area contributed by atoms with Crippen molar-refractivity contribution in [1.29, 1.82) is 0 Å². The molecular formula is C18H21NO. The summed E-state index contributed by atoms with van der Waals surface area (Å²) in [5.74, 6) is 0. The number of hydrogen-bond donors (Lipinski definition) is 0. The van der Waals surface area contributed by atoms with Crippen molar-refractivity contribution in [3.63, 3.8) is 0 Å². The predicted molar refractivity (Wildman–Crippen MR) is 82.0 cm³/mol. The third kappa shape index (κ3) is 2.43. The number of aryl methyl sites for hydroxylation is 2. The summed E-state index contributed by atoms with van der Waals surface area (Å²) in [5, 5.41) is 0. The lowest BCUT2D eigenvalue weighted by Crippen LogP contribution is -2.36. The van der Waals surface area contributed by atoms with Crippen LogP contribution in [0, 0.1) is 6.92 Å². The van der Waals surface area contributed by atoms with Crippen molar-refractivity contribution >= 4 is 0 Å². The number of benzene rings is 1. The molecule has 2 aromatic rings. The molecule has 1 heterocycles. The summed E-state index contributed by atoms with van der Waals surface area (Å²) in [6.45, 7) is 2.94. The van der Waals surface area contributed by atoms with E-state index in [0.29, 0.717) is 5.41 Å². The Labute approximate surface area is 120 Å². The Bertz CT molecular complexity index is 635. The lowest BCUT2D eigenvalue weighted by Gasteiger charge is -2.43. The van der Waals surface area contributed by atoms with E-state index in [4.69, 9.17) is 0 Å². The second-order valence-corrected chi connectivity index (χ2v) is 5.98. The second-order valence-electron chi connectivity index (χ2n) is 5.98. The van der Waals surface area contributed by atoms with E-state index < -0.39 is 0 Å². The van der Waals surface area contributed by atoms with Gasteiger partial charge in [-0.3, -0.25) is 4.79 Å². The molecule has 20 heavy (non-hydrogen) atoms. The molecule has 104 valence electrons. The van der Waals surface area contributed by atoms with Gasteiger partial charge in [0.15, 0.2) is 0 Å². The van der Waals surface area contributed by atoms with Crippen molar-refractivity contribution in [3.8, 4) is 0 Å². The van der Waals surface area contributed by atoms with Gasteiger partial charge in [0, 0.05) is 18.8 Å². The standard InChI is InChI=1S/C18H21NO/c1-15-6-8-16(9-7-15)18(10-4-11-18)12-14-19-13-3-2-5-17(19)20/h2-3,5-9,13H,4,10-12,14H2,1H3. The first-order valence-electron chi connectivity index (χ1n) is 7.42. The molecular weight excluding hydrogens is 246 g/mol. The topological polar surface area (TPSA) is 22.0 Å².